The van der Waals surface area contributed by atoms with Crippen LogP contribution in [0.5, 0.6) is 0 Å². The Morgan fingerprint density at radius 1 is 1.30 bits per heavy atom. The third kappa shape index (κ3) is 3.64. The van der Waals surface area contributed by atoms with Gasteiger partial charge in [0.2, 0.25) is 5.91 Å². The van der Waals surface area contributed by atoms with Crippen LogP contribution in [0, 0.1) is 0 Å². The number of benzene rings is 1. The first kappa shape index (κ1) is 15.8. The first-order chi connectivity index (χ1) is 11.0. The monoisotopic (exact) mass is 317 g/mol. The number of carbonyl (C=O) groups is 2. The number of cyclic esters (lactones) is 1. The number of amides is 2. The van der Waals surface area contributed by atoms with Crippen molar-refractivity contribution in [3.05, 3.63) is 29.3 Å². The van der Waals surface area contributed by atoms with E-state index >= 15 is 0 Å². The molecule has 2 aliphatic heterocycles. The lowest BCUT2D eigenvalue weighted by atomic mass is 10.0. The van der Waals surface area contributed by atoms with Crippen molar-refractivity contribution in [1.82, 2.24) is 10.2 Å². The maximum atomic E-state index is 12.1. The zero-order valence-electron chi connectivity index (χ0n) is 13.7. The lowest BCUT2D eigenvalue weighted by Crippen LogP contribution is -2.33. The number of likely N-dealkylation sites (N-methyl/N-ethyl adjacent to an activating group) is 1. The summed E-state index contributed by atoms with van der Waals surface area (Å²) in [6.07, 6.45) is 1.40. The van der Waals surface area contributed by atoms with Gasteiger partial charge in [-0.1, -0.05) is 6.07 Å². The molecule has 3 rings (SSSR count). The summed E-state index contributed by atoms with van der Waals surface area (Å²) < 4.78 is 5.33. The normalized spacial score (nSPS) is 21.6. The predicted octanol–water partition coefficient (Wildman–Crippen LogP) is 1.18. The third-order valence-electron chi connectivity index (χ3n) is 4.48. The van der Waals surface area contributed by atoms with E-state index in [0.717, 1.165) is 31.6 Å². The fourth-order valence-corrected chi connectivity index (χ4v) is 3.09. The van der Waals surface area contributed by atoms with Crippen molar-refractivity contribution in [3.63, 3.8) is 0 Å². The standard InChI is InChI=1S/C17H23N3O3/c1-12(21)18-10-16-11-20(17(22)23-16)15-4-3-13-5-7-19(2)8-6-14(13)9-15/h3-4,9,16H,5-8,10-11H2,1-2H3,(H,18,21). The average molecular weight is 317 g/mol. The average Bonchev–Trinajstić information content (AvgIpc) is 2.79. The zero-order valence-corrected chi connectivity index (χ0v) is 13.7. The molecule has 1 saturated heterocycles. The van der Waals surface area contributed by atoms with Crippen molar-refractivity contribution in [1.29, 1.82) is 0 Å². The Bertz CT molecular complexity index is 617. The minimum atomic E-state index is -0.342. The highest BCUT2D eigenvalue weighted by Crippen LogP contribution is 2.26. The Balaban J connectivity index is 1.72. The molecule has 0 aromatic heterocycles. The Morgan fingerprint density at radius 3 is 2.78 bits per heavy atom. The van der Waals surface area contributed by atoms with Gasteiger partial charge in [-0.2, -0.15) is 0 Å². The van der Waals surface area contributed by atoms with Crippen LogP contribution in [-0.2, 0) is 22.4 Å². The Labute approximate surface area is 136 Å². The van der Waals surface area contributed by atoms with Gasteiger partial charge in [-0.15, -0.1) is 0 Å². The third-order valence-corrected chi connectivity index (χ3v) is 4.48. The molecule has 6 heteroatoms. The van der Waals surface area contributed by atoms with Crippen molar-refractivity contribution in [3.8, 4) is 0 Å². The number of hydrogen-bond acceptors (Lipinski definition) is 4. The summed E-state index contributed by atoms with van der Waals surface area (Å²) in [5.74, 6) is -0.117. The van der Waals surface area contributed by atoms with Gasteiger partial charge < -0.3 is 15.0 Å². The van der Waals surface area contributed by atoms with E-state index in [9.17, 15) is 9.59 Å². The number of rotatable bonds is 3. The first-order valence-corrected chi connectivity index (χ1v) is 8.06. The molecule has 0 radical (unpaired) electrons. The summed E-state index contributed by atoms with van der Waals surface area (Å²) in [5, 5.41) is 2.69. The number of fused-ring (bicyclic) bond motifs is 1. The number of ether oxygens (including phenoxy) is 1. The van der Waals surface area contributed by atoms with Crippen molar-refractivity contribution in [2.75, 3.05) is 38.1 Å². The smallest absolute Gasteiger partial charge is 0.414 e. The molecule has 23 heavy (non-hydrogen) atoms. The molecular weight excluding hydrogens is 294 g/mol. The largest absolute Gasteiger partial charge is 0.442 e. The van der Waals surface area contributed by atoms with Crippen LogP contribution in [0.2, 0.25) is 0 Å². The molecular formula is C17H23N3O3. The number of anilines is 1. The van der Waals surface area contributed by atoms with Gasteiger partial charge in [-0.3, -0.25) is 9.69 Å². The van der Waals surface area contributed by atoms with E-state index in [1.807, 2.05) is 6.07 Å². The Kier molecular flexibility index (Phi) is 4.52. The van der Waals surface area contributed by atoms with Crippen LogP contribution >= 0.6 is 0 Å². The summed E-state index contributed by atoms with van der Waals surface area (Å²) in [7, 11) is 2.14. The molecule has 1 N–H and O–H groups in total. The van der Waals surface area contributed by atoms with Crippen LogP contribution in [0.15, 0.2) is 18.2 Å². The van der Waals surface area contributed by atoms with Crippen molar-refractivity contribution < 1.29 is 14.3 Å². The molecule has 1 aromatic rings. The zero-order chi connectivity index (χ0) is 16.4. The van der Waals surface area contributed by atoms with Crippen LogP contribution in [0.4, 0.5) is 10.5 Å². The van der Waals surface area contributed by atoms with Crippen molar-refractivity contribution in [2.24, 2.45) is 0 Å². The second-order valence-corrected chi connectivity index (χ2v) is 6.31. The molecule has 1 unspecified atom stereocenters. The van der Waals surface area contributed by atoms with E-state index in [1.165, 1.54) is 18.1 Å². The maximum Gasteiger partial charge on any atom is 0.414 e. The Hall–Kier alpha value is -2.08. The van der Waals surface area contributed by atoms with Gasteiger partial charge in [0.05, 0.1) is 13.1 Å². The second-order valence-electron chi connectivity index (χ2n) is 6.31. The molecule has 1 atom stereocenters. The number of carbonyl (C=O) groups excluding carboxylic acids is 2. The molecule has 2 aliphatic rings. The molecule has 2 amide bonds. The highest BCUT2D eigenvalue weighted by molar-refractivity contribution is 5.90. The lowest BCUT2D eigenvalue weighted by Gasteiger charge is -2.16. The van der Waals surface area contributed by atoms with Crippen molar-refractivity contribution in [2.45, 2.75) is 25.9 Å². The molecule has 6 nitrogen and oxygen atoms in total. The van der Waals surface area contributed by atoms with Crippen LogP contribution in [0.3, 0.4) is 0 Å². The highest BCUT2D eigenvalue weighted by atomic mass is 16.6. The molecule has 0 bridgehead atoms. The topological polar surface area (TPSA) is 61.9 Å². The predicted molar refractivity (Wildman–Crippen MR) is 87.6 cm³/mol. The van der Waals surface area contributed by atoms with E-state index in [1.54, 1.807) is 4.90 Å². The molecule has 0 spiro atoms. The summed E-state index contributed by atoms with van der Waals surface area (Å²) in [6, 6.07) is 6.22. The molecule has 2 heterocycles. The lowest BCUT2D eigenvalue weighted by molar-refractivity contribution is -0.119. The van der Waals surface area contributed by atoms with E-state index in [0.29, 0.717) is 13.1 Å². The van der Waals surface area contributed by atoms with Crippen molar-refractivity contribution >= 4 is 17.7 Å². The fraction of sp³-hybridized carbons (Fsp3) is 0.529. The molecule has 124 valence electrons. The number of nitrogens with one attached hydrogen (secondary N) is 1. The van der Waals surface area contributed by atoms with Crippen LogP contribution in [0.25, 0.3) is 0 Å². The number of hydrogen-bond donors (Lipinski definition) is 1. The van der Waals surface area contributed by atoms with Gasteiger partial charge in [0.15, 0.2) is 0 Å². The fourth-order valence-electron chi connectivity index (χ4n) is 3.09. The quantitative estimate of drug-likeness (QED) is 0.909. The molecule has 0 aliphatic carbocycles. The van der Waals surface area contributed by atoms with Gasteiger partial charge in [0.1, 0.15) is 6.10 Å². The minimum absolute atomic E-state index is 0.117. The van der Waals surface area contributed by atoms with E-state index in [4.69, 9.17) is 4.74 Å². The summed E-state index contributed by atoms with van der Waals surface area (Å²) in [4.78, 5) is 27.1. The molecule has 1 aromatic carbocycles. The summed E-state index contributed by atoms with van der Waals surface area (Å²) in [6.45, 7) is 4.38. The molecule has 0 saturated carbocycles. The summed E-state index contributed by atoms with van der Waals surface area (Å²) in [5.41, 5.74) is 3.55. The van der Waals surface area contributed by atoms with E-state index in [2.05, 4.69) is 29.4 Å². The SMILES string of the molecule is CC(=O)NCC1CN(c2ccc3c(c2)CCN(C)CC3)C(=O)O1. The summed E-state index contributed by atoms with van der Waals surface area (Å²) >= 11 is 0. The van der Waals surface area contributed by atoms with Gasteiger partial charge in [0.25, 0.3) is 0 Å². The minimum Gasteiger partial charge on any atom is -0.442 e. The van der Waals surface area contributed by atoms with Crippen LogP contribution in [0.1, 0.15) is 18.1 Å². The molecule has 1 fully saturated rings. The first-order valence-electron chi connectivity index (χ1n) is 8.06. The maximum absolute atomic E-state index is 12.1. The highest BCUT2D eigenvalue weighted by Gasteiger charge is 2.32. The van der Waals surface area contributed by atoms with Gasteiger partial charge in [-0.05, 0) is 43.1 Å². The van der Waals surface area contributed by atoms with Gasteiger partial charge >= 0.3 is 6.09 Å². The number of nitrogens with zero attached hydrogens (tertiary/aromatic N) is 2. The van der Waals surface area contributed by atoms with Gasteiger partial charge in [0, 0.05) is 25.7 Å². The van der Waals surface area contributed by atoms with E-state index in [-0.39, 0.29) is 18.1 Å². The van der Waals surface area contributed by atoms with Gasteiger partial charge in [-0.25, -0.2) is 4.79 Å². The second kappa shape index (κ2) is 6.58. The van der Waals surface area contributed by atoms with Crippen LogP contribution < -0.4 is 10.2 Å². The van der Waals surface area contributed by atoms with Crippen LogP contribution in [-0.4, -0.2) is 56.2 Å². The Morgan fingerprint density at radius 2 is 2.04 bits per heavy atom. The van der Waals surface area contributed by atoms with E-state index < -0.39 is 0 Å².